The Labute approximate surface area is 662 Å². The van der Waals surface area contributed by atoms with Gasteiger partial charge in [-0.3, -0.25) is 43.9 Å². The predicted octanol–water partition coefficient (Wildman–Crippen LogP) is 17.5. The van der Waals surface area contributed by atoms with Crippen LogP contribution in [0, 0.1) is 0 Å². The molecule has 0 bridgehead atoms. The Morgan fingerprint density at radius 2 is 0.883 bits per heavy atom. The molecular formula is C87H109N8O13PS2. The van der Waals surface area contributed by atoms with Crippen LogP contribution in [0.3, 0.4) is 0 Å². The van der Waals surface area contributed by atoms with E-state index in [0.717, 1.165) is 156 Å². The molecule has 12 rings (SSSR count). The molecule has 592 valence electrons. The Kier molecular flexibility index (Phi) is 37.9. The van der Waals surface area contributed by atoms with E-state index in [1.54, 1.807) is 47.8 Å². The summed E-state index contributed by atoms with van der Waals surface area (Å²) in [5.41, 5.74) is 24.7. The SMILES string of the molecule is CC(C)(C)OC(=O)Nc1ccc(-c2cccs2)cc1N.CCOC(=O)C=C1CCN(Cc2ccccc2)CC1.CCOC(=O)CP(=O)(OC)OC.Nc1ccc(-c2cccs2)cc1NC(=O)C=C1CCN(Cc2ccccc2)CC1.O=C(O)C=C1CCN(Cc2ccccc2)CC1.O=C1CCN(Cc2ccccc2)CC1. The van der Waals surface area contributed by atoms with E-state index in [1.807, 2.05) is 111 Å². The number of ether oxygens (including phenoxy) is 3. The average Bonchev–Trinajstić information content (AvgIpc) is 1.82. The molecule has 0 radical (unpaired) electrons. The summed E-state index contributed by atoms with van der Waals surface area (Å²) in [4.78, 5) is 79.9. The first-order chi connectivity index (χ1) is 53.5. The number of nitrogens with two attached hydrogens (primary N) is 2. The van der Waals surface area contributed by atoms with Crippen LogP contribution >= 0.6 is 30.3 Å². The van der Waals surface area contributed by atoms with Crippen molar-refractivity contribution in [3.05, 3.63) is 250 Å². The maximum atomic E-state index is 12.5. The number of rotatable bonds is 21. The number of esters is 2. The van der Waals surface area contributed by atoms with E-state index in [4.69, 9.17) is 26.0 Å². The first kappa shape index (κ1) is 88.6. The van der Waals surface area contributed by atoms with Gasteiger partial charge in [-0.05, 0) is 154 Å². The van der Waals surface area contributed by atoms with Crippen molar-refractivity contribution >= 4 is 88.7 Å². The molecule has 4 fully saturated rings. The fraction of sp³-hybridized carbons (Fsp3) is 0.356. The zero-order valence-electron chi connectivity index (χ0n) is 65.0. The quantitative estimate of drug-likeness (QED) is 0.0147. The molecule has 4 aliphatic heterocycles. The molecule has 6 heterocycles. The number of amides is 2. The normalized spacial score (nSPS) is 14.7. The Balaban J connectivity index is 0.000000189. The van der Waals surface area contributed by atoms with Gasteiger partial charge in [0.15, 0.2) is 0 Å². The molecule has 0 saturated carbocycles. The van der Waals surface area contributed by atoms with Crippen molar-refractivity contribution in [3.63, 3.8) is 0 Å². The van der Waals surface area contributed by atoms with Gasteiger partial charge in [0.25, 0.3) is 0 Å². The second kappa shape index (κ2) is 47.5. The maximum Gasteiger partial charge on any atom is 0.412 e. The standard InChI is InChI=1S/C24H25N3OS.C16H21NO2.C15H18N2O2S.C14H17NO2.C12H15NO.C6H13O5P/c25-21-9-8-20(23-7-4-14-29-23)16-22(21)26-24(28)15-18-10-12-27(13-11-18)17-19-5-2-1-3-6-19;1-2-19-16(18)12-14-8-10-17(11-9-14)13-15-6-4-3-5-7-15;1-15(2,3)19-14(18)17-12-7-6-10(9-11(12)16)13-5-4-8-20-13;16-14(17)10-12-6-8-15(9-7-12)11-13-4-2-1-3-5-13;14-12-6-8-13(9-7-12)10-11-4-2-1-3-5-11;1-4-11-6(7)5-12(8,9-2)10-3/h1-9,14-16H,10-13,17,25H2,(H,26,28);3-7,12H,2,8-11,13H2,1H3;4-9H,16H2,1-3H3,(H,17,18);1-5,10H,6-9,11H2,(H,16,17);1-5H,6-10H2;4-5H2,1-3H3. The fourth-order valence-corrected chi connectivity index (χ4v) is 14.4. The average molecular weight is 1570 g/mol. The number of likely N-dealkylation sites (tertiary alicyclic amines) is 4. The summed E-state index contributed by atoms with van der Waals surface area (Å²) < 4.78 is 35.1. The summed E-state index contributed by atoms with van der Waals surface area (Å²) >= 11 is 3.31. The molecule has 24 heteroatoms. The van der Waals surface area contributed by atoms with Gasteiger partial charge in [0.1, 0.15) is 17.5 Å². The third-order valence-corrected chi connectivity index (χ3v) is 21.6. The lowest BCUT2D eigenvalue weighted by Crippen LogP contribution is -2.33. The molecule has 0 spiro atoms. The summed E-state index contributed by atoms with van der Waals surface area (Å²) in [7, 11) is -0.790. The van der Waals surface area contributed by atoms with Crippen LogP contribution in [0.15, 0.2) is 228 Å². The highest BCUT2D eigenvalue weighted by atomic mass is 32.1. The van der Waals surface area contributed by atoms with E-state index in [0.29, 0.717) is 35.1 Å². The summed E-state index contributed by atoms with van der Waals surface area (Å²) in [6, 6.07) is 61.3. The van der Waals surface area contributed by atoms with E-state index in [-0.39, 0.29) is 24.6 Å². The summed E-state index contributed by atoms with van der Waals surface area (Å²) in [5, 5.41) is 18.3. The van der Waals surface area contributed by atoms with Gasteiger partial charge in [-0.25, -0.2) is 14.4 Å². The number of carboxylic acids is 1. The highest BCUT2D eigenvalue weighted by Crippen LogP contribution is 2.46. The minimum absolute atomic E-state index is 0.105. The first-order valence-electron chi connectivity index (χ1n) is 37.5. The van der Waals surface area contributed by atoms with Gasteiger partial charge in [0.2, 0.25) is 5.91 Å². The molecule has 2 amide bonds. The van der Waals surface area contributed by atoms with E-state index in [1.165, 1.54) is 53.7 Å². The van der Waals surface area contributed by atoms with Crippen LogP contribution in [0.5, 0.6) is 0 Å². The van der Waals surface area contributed by atoms with Crippen molar-refractivity contribution in [2.75, 3.05) is 108 Å². The van der Waals surface area contributed by atoms with Crippen molar-refractivity contribution in [2.24, 2.45) is 0 Å². The van der Waals surface area contributed by atoms with E-state index < -0.39 is 31.2 Å². The van der Waals surface area contributed by atoms with Crippen LogP contribution in [-0.4, -0.2) is 152 Å². The maximum absolute atomic E-state index is 12.5. The topological polar surface area (TPSA) is 275 Å². The van der Waals surface area contributed by atoms with Crippen molar-refractivity contribution in [1.82, 2.24) is 19.6 Å². The van der Waals surface area contributed by atoms with E-state index in [9.17, 15) is 33.3 Å². The number of nitrogen functional groups attached to an aromatic ring is 2. The van der Waals surface area contributed by atoms with Gasteiger partial charge in [0, 0.05) is 134 Å². The zero-order chi connectivity index (χ0) is 79.8. The Bertz CT molecular complexity index is 4260. The third-order valence-electron chi connectivity index (χ3n) is 18.0. The van der Waals surface area contributed by atoms with Crippen molar-refractivity contribution < 1.29 is 61.7 Å². The second-order valence-corrected chi connectivity index (χ2v) is 31.9. The number of ketones is 1. The molecular weight excluding hydrogens is 1460 g/mol. The number of hydrogen-bond donors (Lipinski definition) is 5. The molecule has 0 atom stereocenters. The van der Waals surface area contributed by atoms with Gasteiger partial charge in [-0.2, -0.15) is 0 Å². The number of aliphatic carboxylic acids is 1. The number of hydrogen-bond acceptors (Lipinski definition) is 20. The number of Topliss-reactive ketones (excluding diaryl/α,β-unsaturated/α-hetero) is 1. The molecule has 7 N–H and O–H groups in total. The lowest BCUT2D eigenvalue weighted by molar-refractivity contribution is -0.140. The summed E-state index contributed by atoms with van der Waals surface area (Å²) in [6.07, 6.45) is 10.9. The molecule has 0 unspecified atom stereocenters. The van der Waals surface area contributed by atoms with Gasteiger partial charge in [-0.1, -0.05) is 162 Å². The lowest BCUT2D eigenvalue weighted by atomic mass is 10.0. The van der Waals surface area contributed by atoms with Crippen LogP contribution in [0.2, 0.25) is 0 Å². The number of thiophene rings is 2. The highest BCUT2D eigenvalue weighted by molar-refractivity contribution is 7.54. The number of piperidine rings is 4. The second-order valence-electron chi connectivity index (χ2n) is 27.7. The zero-order valence-corrected chi connectivity index (χ0v) is 67.6. The molecule has 4 saturated heterocycles. The van der Waals surface area contributed by atoms with Crippen molar-refractivity contribution in [2.45, 2.75) is 118 Å². The molecule has 8 aromatic rings. The molecule has 0 aliphatic carbocycles. The van der Waals surface area contributed by atoms with Crippen LogP contribution in [-0.2, 0) is 78.0 Å². The molecule has 4 aliphatic rings. The van der Waals surface area contributed by atoms with Crippen molar-refractivity contribution in [1.29, 1.82) is 0 Å². The van der Waals surface area contributed by atoms with Crippen LogP contribution in [0.25, 0.3) is 20.9 Å². The minimum atomic E-state index is -3.24. The van der Waals surface area contributed by atoms with Gasteiger partial charge >= 0.3 is 31.6 Å². The largest absolute Gasteiger partial charge is 0.478 e. The lowest BCUT2D eigenvalue weighted by Gasteiger charge is -2.28. The fourth-order valence-electron chi connectivity index (χ4n) is 12.1. The third kappa shape index (κ3) is 34.2. The molecule has 6 aromatic carbocycles. The number of nitrogens with zero attached hydrogens (tertiary/aromatic N) is 4. The van der Waals surface area contributed by atoms with Crippen LogP contribution < -0.4 is 22.1 Å². The first-order valence-corrected chi connectivity index (χ1v) is 41.0. The summed E-state index contributed by atoms with van der Waals surface area (Å²) in [5.74, 6) is -1.30. The van der Waals surface area contributed by atoms with Crippen LogP contribution in [0.4, 0.5) is 27.5 Å². The van der Waals surface area contributed by atoms with Crippen molar-refractivity contribution in [3.8, 4) is 20.9 Å². The molecule has 111 heavy (non-hydrogen) atoms. The number of nitrogens with one attached hydrogen (secondary N) is 2. The number of carbonyl (C=O) groups excluding carboxylic acids is 5. The monoisotopic (exact) mass is 1570 g/mol. The Morgan fingerprint density at radius 1 is 0.486 bits per heavy atom. The van der Waals surface area contributed by atoms with E-state index >= 15 is 0 Å². The Morgan fingerprint density at radius 3 is 1.26 bits per heavy atom. The predicted molar refractivity (Wildman–Crippen MR) is 447 cm³/mol. The molecule has 2 aromatic heterocycles. The van der Waals surface area contributed by atoms with E-state index in [2.05, 4.69) is 147 Å². The minimum Gasteiger partial charge on any atom is -0.478 e. The number of anilines is 4. The number of carboxylic acid groups (broad SMARTS) is 1. The van der Waals surface area contributed by atoms with Crippen LogP contribution in [0.1, 0.15) is 108 Å². The Hall–Kier alpha value is -9.65. The van der Waals surface area contributed by atoms with Gasteiger partial charge < -0.3 is 45.1 Å². The van der Waals surface area contributed by atoms with Gasteiger partial charge in [-0.15, -0.1) is 22.7 Å². The molecule has 21 nitrogen and oxygen atoms in total. The number of carbonyl (C=O) groups is 6. The smallest absolute Gasteiger partial charge is 0.412 e. The summed E-state index contributed by atoms with van der Waals surface area (Å²) in [6.45, 7) is 21.3. The number of benzene rings is 6. The highest BCUT2D eigenvalue weighted by Gasteiger charge is 2.27. The van der Waals surface area contributed by atoms with Gasteiger partial charge in [0.05, 0.1) is 36.0 Å².